The first kappa shape index (κ1) is 28.6. The van der Waals surface area contributed by atoms with E-state index in [2.05, 4.69) is 126 Å². The molecule has 0 unspecified atom stereocenters. The first-order valence-electron chi connectivity index (χ1n) is 16.5. The van der Waals surface area contributed by atoms with Crippen molar-refractivity contribution in [2.24, 2.45) is 0 Å². The smallest absolute Gasteiger partial charge is 0.164 e. The highest BCUT2D eigenvalue weighted by Crippen LogP contribution is 2.34. The minimum atomic E-state index is 0.632. The molecule has 0 atom stereocenters. The number of para-hydroxylation sites is 2. The van der Waals surface area contributed by atoms with Crippen LogP contribution < -0.4 is 0 Å². The van der Waals surface area contributed by atoms with Gasteiger partial charge in [0.05, 0.1) is 11.0 Å². The van der Waals surface area contributed by atoms with Gasteiger partial charge in [0.25, 0.3) is 0 Å². The van der Waals surface area contributed by atoms with Crippen LogP contribution in [0.15, 0.2) is 182 Å². The molecule has 0 aliphatic rings. The van der Waals surface area contributed by atoms with Gasteiger partial charge in [-0.2, -0.15) is 0 Å². The summed E-state index contributed by atoms with van der Waals surface area (Å²) in [6.07, 6.45) is 0. The Morgan fingerprint density at radius 2 is 0.571 bits per heavy atom. The maximum Gasteiger partial charge on any atom is 0.164 e. The molecule has 2 aromatic heterocycles. The van der Waals surface area contributed by atoms with Gasteiger partial charge in [-0.1, -0.05) is 146 Å². The third-order valence-electron chi connectivity index (χ3n) is 9.10. The van der Waals surface area contributed by atoms with Crippen molar-refractivity contribution in [3.63, 3.8) is 0 Å². The maximum absolute atomic E-state index is 4.97. The van der Waals surface area contributed by atoms with Crippen molar-refractivity contribution in [2.75, 3.05) is 0 Å². The van der Waals surface area contributed by atoms with Crippen molar-refractivity contribution < 1.29 is 0 Å². The van der Waals surface area contributed by atoms with Crippen LogP contribution in [0.3, 0.4) is 0 Å². The number of hydrogen-bond acceptors (Lipinski definition) is 3. The van der Waals surface area contributed by atoms with Gasteiger partial charge < -0.3 is 4.57 Å². The molecule has 9 aromatic rings. The van der Waals surface area contributed by atoms with Crippen LogP contribution >= 0.6 is 0 Å². The standard InChI is InChI=1S/C45H30N4/c1-3-15-31(16-4-1)43-46-44(32-17-5-2-6-18-32)48-45(47-43)33-27-29-34(30-28-33)49-41-25-13-11-23-39(41)37-21-9-7-19-35(37)36-20-8-10-22-38(36)40-24-12-14-26-42(40)49/h1-30H. The number of hydrogen-bond donors (Lipinski definition) is 0. The van der Waals surface area contributed by atoms with E-state index in [1.165, 1.54) is 32.3 Å². The van der Waals surface area contributed by atoms with Crippen molar-refractivity contribution >= 4 is 43.4 Å². The lowest BCUT2D eigenvalue weighted by Gasteiger charge is -2.14. The summed E-state index contributed by atoms with van der Waals surface area (Å²) < 4.78 is 2.38. The lowest BCUT2D eigenvalue weighted by atomic mass is 10.0. The summed E-state index contributed by atoms with van der Waals surface area (Å²) in [4.78, 5) is 14.8. The molecule has 0 spiro atoms. The van der Waals surface area contributed by atoms with Gasteiger partial charge in [-0.15, -0.1) is 0 Å². The van der Waals surface area contributed by atoms with E-state index in [1.807, 2.05) is 60.7 Å². The van der Waals surface area contributed by atoms with E-state index >= 15 is 0 Å². The summed E-state index contributed by atoms with van der Waals surface area (Å²) in [5.41, 5.74) is 6.08. The van der Waals surface area contributed by atoms with Crippen LogP contribution in [0.25, 0.3) is 83.2 Å². The Morgan fingerprint density at radius 1 is 0.265 bits per heavy atom. The van der Waals surface area contributed by atoms with E-state index < -0.39 is 0 Å². The van der Waals surface area contributed by atoms with Gasteiger partial charge in [-0.05, 0) is 57.9 Å². The van der Waals surface area contributed by atoms with Gasteiger partial charge in [-0.3, -0.25) is 0 Å². The SMILES string of the molecule is c1ccc(-c2nc(-c3ccccc3)nc(-c3ccc(-n4c5ccccc5c5ccccc5c5ccccc5c5ccccc54)cc3)n2)cc1. The van der Waals surface area contributed by atoms with Gasteiger partial charge in [0.1, 0.15) is 0 Å². The molecular weight excluding hydrogens is 597 g/mol. The van der Waals surface area contributed by atoms with Gasteiger partial charge >= 0.3 is 0 Å². The molecule has 0 amide bonds. The summed E-state index contributed by atoms with van der Waals surface area (Å²) in [6, 6.07) is 63.6. The molecular formula is C45H30N4. The predicted octanol–water partition coefficient (Wildman–Crippen LogP) is 11.4. The Morgan fingerprint density at radius 3 is 0.980 bits per heavy atom. The Balaban J connectivity index is 1.31. The average Bonchev–Trinajstić information content (AvgIpc) is 3.23. The van der Waals surface area contributed by atoms with E-state index in [1.54, 1.807) is 0 Å². The van der Waals surface area contributed by atoms with Crippen molar-refractivity contribution in [1.82, 2.24) is 19.5 Å². The lowest BCUT2D eigenvalue weighted by molar-refractivity contribution is 1.07. The zero-order valence-corrected chi connectivity index (χ0v) is 26.6. The molecule has 4 heteroatoms. The highest BCUT2D eigenvalue weighted by Gasteiger charge is 2.14. The van der Waals surface area contributed by atoms with Crippen molar-refractivity contribution in [1.29, 1.82) is 0 Å². The Bertz CT molecular complexity index is 2530. The molecule has 0 saturated carbocycles. The average molecular weight is 627 g/mol. The molecule has 230 valence electrons. The van der Waals surface area contributed by atoms with Crippen LogP contribution in [-0.4, -0.2) is 19.5 Å². The molecule has 0 radical (unpaired) electrons. The molecule has 0 aliphatic heterocycles. The van der Waals surface area contributed by atoms with E-state index in [4.69, 9.17) is 15.0 Å². The van der Waals surface area contributed by atoms with Gasteiger partial charge in [0.2, 0.25) is 0 Å². The van der Waals surface area contributed by atoms with E-state index in [0.29, 0.717) is 17.5 Å². The van der Waals surface area contributed by atoms with Crippen LogP contribution in [0.5, 0.6) is 0 Å². The summed E-state index contributed by atoms with van der Waals surface area (Å²) in [5.74, 6) is 1.93. The van der Waals surface area contributed by atoms with Crippen LogP contribution in [0.4, 0.5) is 0 Å². The van der Waals surface area contributed by atoms with Crippen molar-refractivity contribution in [2.45, 2.75) is 0 Å². The molecule has 9 rings (SSSR count). The number of aromatic nitrogens is 4. The fourth-order valence-corrected chi connectivity index (χ4v) is 6.80. The van der Waals surface area contributed by atoms with Gasteiger partial charge in [-0.25, -0.2) is 15.0 Å². The second-order valence-electron chi connectivity index (χ2n) is 12.0. The van der Waals surface area contributed by atoms with Crippen LogP contribution in [0.2, 0.25) is 0 Å². The molecule has 0 aliphatic carbocycles. The lowest BCUT2D eigenvalue weighted by Crippen LogP contribution is -2.01. The number of benzene rings is 7. The molecule has 0 N–H and O–H groups in total. The second-order valence-corrected chi connectivity index (χ2v) is 12.0. The highest BCUT2D eigenvalue weighted by atomic mass is 15.0. The molecule has 4 nitrogen and oxygen atoms in total. The number of nitrogens with zero attached hydrogens (tertiary/aromatic N) is 4. The summed E-state index contributed by atoms with van der Waals surface area (Å²) in [6.45, 7) is 0. The van der Waals surface area contributed by atoms with Crippen molar-refractivity contribution in [3.05, 3.63) is 182 Å². The second kappa shape index (κ2) is 12.2. The Labute approximate surface area is 284 Å². The highest BCUT2D eigenvalue weighted by molar-refractivity contribution is 6.19. The first-order chi connectivity index (χ1) is 24.3. The molecule has 7 aromatic carbocycles. The zero-order chi connectivity index (χ0) is 32.6. The van der Waals surface area contributed by atoms with Gasteiger partial charge in [0, 0.05) is 33.2 Å². The molecule has 2 heterocycles. The molecule has 49 heavy (non-hydrogen) atoms. The summed E-state index contributed by atoms with van der Waals surface area (Å²) in [7, 11) is 0. The Hall–Kier alpha value is -6.65. The predicted molar refractivity (Wildman–Crippen MR) is 203 cm³/mol. The number of fused-ring (bicyclic) bond motifs is 7. The quantitative estimate of drug-likeness (QED) is 0.195. The summed E-state index contributed by atoms with van der Waals surface area (Å²) in [5, 5.41) is 7.18. The van der Waals surface area contributed by atoms with Crippen molar-refractivity contribution in [3.8, 4) is 39.9 Å². The van der Waals surface area contributed by atoms with Crippen LogP contribution in [0.1, 0.15) is 0 Å². The van der Waals surface area contributed by atoms with Gasteiger partial charge in [0.15, 0.2) is 17.5 Å². The third-order valence-corrected chi connectivity index (χ3v) is 9.10. The molecule has 0 fully saturated rings. The largest absolute Gasteiger partial charge is 0.309 e. The van der Waals surface area contributed by atoms with E-state index in [0.717, 1.165) is 33.4 Å². The first-order valence-corrected chi connectivity index (χ1v) is 16.5. The minimum Gasteiger partial charge on any atom is -0.309 e. The topological polar surface area (TPSA) is 43.6 Å². The van der Waals surface area contributed by atoms with Crippen LogP contribution in [0, 0.1) is 0 Å². The minimum absolute atomic E-state index is 0.632. The molecule has 0 bridgehead atoms. The van der Waals surface area contributed by atoms with E-state index in [9.17, 15) is 0 Å². The third kappa shape index (κ3) is 5.16. The number of rotatable bonds is 4. The zero-order valence-electron chi connectivity index (χ0n) is 26.6. The van der Waals surface area contributed by atoms with E-state index in [-0.39, 0.29) is 0 Å². The van der Waals surface area contributed by atoms with Crippen LogP contribution in [-0.2, 0) is 0 Å². The monoisotopic (exact) mass is 626 g/mol. The normalized spacial score (nSPS) is 11.3. The fraction of sp³-hybridized carbons (Fsp3) is 0. The Kier molecular flexibility index (Phi) is 7.10. The fourth-order valence-electron chi connectivity index (χ4n) is 6.80. The summed E-state index contributed by atoms with van der Waals surface area (Å²) >= 11 is 0. The molecule has 0 saturated heterocycles. The maximum atomic E-state index is 4.97.